The van der Waals surface area contributed by atoms with Crippen molar-refractivity contribution in [1.82, 2.24) is 14.5 Å². The number of fused-ring (bicyclic) bond motifs is 2. The van der Waals surface area contributed by atoms with E-state index in [0.717, 1.165) is 50.5 Å². The number of nitrogens with zero attached hydrogens (tertiary/aromatic N) is 2. The third-order valence-corrected chi connectivity index (χ3v) is 7.31. The van der Waals surface area contributed by atoms with Crippen LogP contribution in [0.4, 0.5) is 0 Å². The Bertz CT molecular complexity index is 1760. The highest BCUT2D eigenvalue weighted by atomic mass is 35.5. The summed E-state index contributed by atoms with van der Waals surface area (Å²) in [4.78, 5) is 26.6. The third-order valence-electron chi connectivity index (χ3n) is 7.31. The van der Waals surface area contributed by atoms with Crippen LogP contribution < -0.4 is 11.1 Å². The van der Waals surface area contributed by atoms with Crippen molar-refractivity contribution in [3.05, 3.63) is 107 Å². The number of carbonyl (C=O) groups is 2. The van der Waals surface area contributed by atoms with Crippen LogP contribution >= 0.6 is 12.4 Å². The minimum absolute atomic E-state index is 0. The molecule has 0 atom stereocenters. The van der Waals surface area contributed by atoms with E-state index in [1.165, 1.54) is 5.56 Å². The second kappa shape index (κ2) is 9.97. The van der Waals surface area contributed by atoms with Crippen LogP contribution in [0, 0.1) is 0 Å². The van der Waals surface area contributed by atoms with Gasteiger partial charge in [0.05, 0.1) is 16.7 Å². The standard InChI is InChI=1S/C31H28N4O2.ClH/c1-3-21-10-7-12-23-25(18-35(29(21)23)16-20-9-6-8-19(14-20)15-32)28-27(30(36)33-31(28)37)24-17-34(2)26-13-5-4-11-22(24)26;/h4-14,17-18H,3,15-16,32H2,1-2H3,(H,33,36,37);1H. The monoisotopic (exact) mass is 524 g/mol. The fourth-order valence-corrected chi connectivity index (χ4v) is 5.61. The third kappa shape index (κ3) is 4.02. The fraction of sp³-hybridized carbons (Fsp3) is 0.161. The zero-order valence-corrected chi connectivity index (χ0v) is 22.1. The van der Waals surface area contributed by atoms with E-state index in [2.05, 4.69) is 35.0 Å². The summed E-state index contributed by atoms with van der Waals surface area (Å²) in [6.07, 6.45) is 4.81. The van der Waals surface area contributed by atoms with Gasteiger partial charge in [0.1, 0.15) is 0 Å². The minimum atomic E-state index is -0.362. The molecule has 0 aliphatic carbocycles. The van der Waals surface area contributed by atoms with Crippen molar-refractivity contribution in [2.45, 2.75) is 26.4 Å². The van der Waals surface area contributed by atoms with E-state index in [4.69, 9.17) is 5.73 Å². The van der Waals surface area contributed by atoms with Gasteiger partial charge in [-0.15, -0.1) is 12.4 Å². The van der Waals surface area contributed by atoms with E-state index in [1.807, 2.05) is 72.5 Å². The number of hydrogen-bond acceptors (Lipinski definition) is 3. The molecule has 0 saturated heterocycles. The SMILES string of the molecule is CCc1cccc2c(C3=C(c4cn(C)c5ccccc45)C(=O)NC3=O)cn(Cc3cccc(CN)c3)c12.Cl. The first-order chi connectivity index (χ1) is 18.0. The summed E-state index contributed by atoms with van der Waals surface area (Å²) in [5.74, 6) is -0.724. The molecule has 3 heterocycles. The first-order valence-electron chi connectivity index (χ1n) is 12.5. The molecule has 1 aliphatic rings. The van der Waals surface area contributed by atoms with Crippen LogP contribution in [0.1, 0.15) is 34.7 Å². The van der Waals surface area contributed by atoms with Crippen molar-refractivity contribution in [3.63, 3.8) is 0 Å². The maximum Gasteiger partial charge on any atom is 0.259 e. The molecule has 6 nitrogen and oxygen atoms in total. The summed E-state index contributed by atoms with van der Waals surface area (Å²) in [5.41, 5.74) is 13.8. The van der Waals surface area contributed by atoms with Gasteiger partial charge < -0.3 is 14.9 Å². The maximum atomic E-state index is 13.3. The van der Waals surface area contributed by atoms with Crippen molar-refractivity contribution < 1.29 is 9.59 Å². The normalized spacial score (nSPS) is 13.4. The second-order valence-corrected chi connectivity index (χ2v) is 9.57. The summed E-state index contributed by atoms with van der Waals surface area (Å²) in [7, 11) is 1.95. The van der Waals surface area contributed by atoms with Crippen LogP contribution in [-0.4, -0.2) is 20.9 Å². The molecule has 5 aromatic rings. The van der Waals surface area contributed by atoms with Gasteiger partial charge in [0, 0.05) is 59.9 Å². The zero-order chi connectivity index (χ0) is 25.7. The molecule has 0 radical (unpaired) electrons. The van der Waals surface area contributed by atoms with Crippen molar-refractivity contribution in [3.8, 4) is 0 Å². The topological polar surface area (TPSA) is 82.0 Å². The van der Waals surface area contributed by atoms with Crippen LogP contribution in [0.5, 0.6) is 0 Å². The Morgan fingerprint density at radius 3 is 2.21 bits per heavy atom. The molecule has 7 heteroatoms. The summed E-state index contributed by atoms with van der Waals surface area (Å²) >= 11 is 0. The number of para-hydroxylation sites is 2. The van der Waals surface area contributed by atoms with Gasteiger partial charge in [0.25, 0.3) is 11.8 Å². The number of benzene rings is 3. The molecular weight excluding hydrogens is 496 g/mol. The Labute approximate surface area is 227 Å². The Kier molecular flexibility index (Phi) is 6.69. The molecule has 1 aliphatic heterocycles. The van der Waals surface area contributed by atoms with E-state index in [0.29, 0.717) is 24.2 Å². The van der Waals surface area contributed by atoms with E-state index in [-0.39, 0.29) is 24.2 Å². The number of rotatable bonds is 6. The molecule has 3 N–H and O–H groups in total. The van der Waals surface area contributed by atoms with E-state index in [9.17, 15) is 9.59 Å². The largest absolute Gasteiger partial charge is 0.350 e. The molecule has 0 saturated carbocycles. The highest BCUT2D eigenvalue weighted by Crippen LogP contribution is 2.39. The van der Waals surface area contributed by atoms with Gasteiger partial charge in [-0.1, -0.05) is 67.6 Å². The van der Waals surface area contributed by atoms with Crippen molar-refractivity contribution in [1.29, 1.82) is 0 Å². The average molecular weight is 525 g/mol. The van der Waals surface area contributed by atoms with Gasteiger partial charge in [-0.2, -0.15) is 0 Å². The number of imide groups is 1. The summed E-state index contributed by atoms with van der Waals surface area (Å²) in [6, 6.07) is 22.4. The quantitative estimate of drug-likeness (QED) is 0.300. The Morgan fingerprint density at radius 2 is 1.47 bits per heavy atom. The lowest BCUT2D eigenvalue weighted by Gasteiger charge is -2.10. The maximum absolute atomic E-state index is 13.3. The number of halogens is 1. The first-order valence-corrected chi connectivity index (χ1v) is 12.5. The number of carbonyl (C=O) groups excluding carboxylic acids is 2. The van der Waals surface area contributed by atoms with Crippen molar-refractivity contribution >= 4 is 57.2 Å². The number of hydrogen-bond donors (Lipinski definition) is 2. The summed E-state index contributed by atoms with van der Waals surface area (Å²) < 4.78 is 4.19. The Balaban J connectivity index is 0.00000294. The van der Waals surface area contributed by atoms with Crippen LogP contribution in [-0.2, 0) is 36.1 Å². The summed E-state index contributed by atoms with van der Waals surface area (Å²) in [5, 5.41) is 4.48. The van der Waals surface area contributed by atoms with E-state index >= 15 is 0 Å². The lowest BCUT2D eigenvalue weighted by molar-refractivity contribution is -0.122. The highest BCUT2D eigenvalue weighted by Gasteiger charge is 2.35. The highest BCUT2D eigenvalue weighted by molar-refractivity contribution is 6.50. The molecule has 6 rings (SSSR count). The Hall–Kier alpha value is -4.13. The molecule has 2 amide bonds. The number of aromatic nitrogens is 2. The predicted molar refractivity (Wildman–Crippen MR) is 155 cm³/mol. The summed E-state index contributed by atoms with van der Waals surface area (Å²) in [6.45, 7) is 3.25. The fourth-order valence-electron chi connectivity index (χ4n) is 5.61. The van der Waals surface area contributed by atoms with Gasteiger partial charge >= 0.3 is 0 Å². The first kappa shape index (κ1) is 25.5. The van der Waals surface area contributed by atoms with Crippen LogP contribution in [0.2, 0.25) is 0 Å². The van der Waals surface area contributed by atoms with E-state index < -0.39 is 0 Å². The number of aryl methyl sites for hydroxylation is 2. The molecule has 192 valence electrons. The average Bonchev–Trinajstić information content (AvgIpc) is 3.54. The van der Waals surface area contributed by atoms with Crippen LogP contribution in [0.25, 0.3) is 33.0 Å². The van der Waals surface area contributed by atoms with E-state index in [1.54, 1.807) is 0 Å². The molecular formula is C31H29ClN4O2. The number of nitrogens with two attached hydrogens (primary N) is 1. The molecule has 38 heavy (non-hydrogen) atoms. The van der Waals surface area contributed by atoms with Crippen LogP contribution in [0.15, 0.2) is 79.1 Å². The Morgan fingerprint density at radius 1 is 0.816 bits per heavy atom. The smallest absolute Gasteiger partial charge is 0.259 e. The van der Waals surface area contributed by atoms with Crippen LogP contribution in [0.3, 0.4) is 0 Å². The van der Waals surface area contributed by atoms with Gasteiger partial charge in [-0.05, 0) is 29.2 Å². The number of nitrogens with one attached hydrogen (secondary N) is 1. The molecule has 0 bridgehead atoms. The van der Waals surface area contributed by atoms with Crippen molar-refractivity contribution in [2.24, 2.45) is 12.8 Å². The molecule has 0 unspecified atom stereocenters. The minimum Gasteiger partial charge on any atom is -0.350 e. The van der Waals surface area contributed by atoms with Gasteiger partial charge in [-0.25, -0.2) is 0 Å². The molecule has 3 aromatic carbocycles. The predicted octanol–water partition coefficient (Wildman–Crippen LogP) is 5.19. The lowest BCUT2D eigenvalue weighted by Crippen LogP contribution is -2.22. The lowest BCUT2D eigenvalue weighted by atomic mass is 9.95. The second-order valence-electron chi connectivity index (χ2n) is 9.57. The van der Waals surface area contributed by atoms with Gasteiger partial charge in [-0.3, -0.25) is 14.9 Å². The molecule has 2 aromatic heterocycles. The van der Waals surface area contributed by atoms with Gasteiger partial charge in [0.2, 0.25) is 0 Å². The zero-order valence-electron chi connectivity index (χ0n) is 21.3. The van der Waals surface area contributed by atoms with Crippen molar-refractivity contribution in [2.75, 3.05) is 0 Å². The molecule has 0 fully saturated rings. The number of amides is 2. The molecule has 0 spiro atoms. The van der Waals surface area contributed by atoms with Gasteiger partial charge in [0.15, 0.2) is 0 Å².